The number of nitrogens with zero attached hydrogens (tertiary/aromatic N) is 2. The molecule has 0 aliphatic carbocycles. The standard InChI is InChI=1S/C13H17N5O/c1-2-7-15-11(19)8-16-12-9-5-3-4-6-10(9)17-13(14)18-12/h3-6H,2,7-8H2,1H3,(H,15,19)(H3,14,16,17,18). The van der Waals surface area contributed by atoms with E-state index in [0.29, 0.717) is 12.4 Å². The predicted octanol–water partition coefficient (Wildman–Crippen LogP) is 1.15. The molecule has 6 heteroatoms. The highest BCUT2D eigenvalue weighted by Crippen LogP contribution is 2.20. The average Bonchev–Trinajstić information content (AvgIpc) is 2.42. The fraction of sp³-hybridized carbons (Fsp3) is 0.308. The molecule has 1 heterocycles. The molecule has 0 bridgehead atoms. The highest BCUT2D eigenvalue weighted by molar-refractivity contribution is 5.91. The van der Waals surface area contributed by atoms with Crippen LogP contribution in [0.5, 0.6) is 0 Å². The van der Waals surface area contributed by atoms with Gasteiger partial charge in [0, 0.05) is 11.9 Å². The molecular formula is C13H17N5O. The number of anilines is 2. The largest absolute Gasteiger partial charge is 0.368 e. The second kappa shape index (κ2) is 5.99. The van der Waals surface area contributed by atoms with E-state index in [0.717, 1.165) is 17.3 Å². The Labute approximate surface area is 111 Å². The van der Waals surface area contributed by atoms with Crippen molar-refractivity contribution in [2.75, 3.05) is 24.1 Å². The second-order valence-corrected chi connectivity index (χ2v) is 4.15. The SMILES string of the molecule is CCCNC(=O)CNc1nc(N)nc2ccccc12. The lowest BCUT2D eigenvalue weighted by molar-refractivity contribution is -0.119. The summed E-state index contributed by atoms with van der Waals surface area (Å²) in [5, 5.41) is 6.63. The quantitative estimate of drug-likeness (QED) is 0.749. The number of fused-ring (bicyclic) bond motifs is 1. The Hall–Kier alpha value is -2.37. The van der Waals surface area contributed by atoms with Crippen LogP contribution in [0, 0.1) is 0 Å². The van der Waals surface area contributed by atoms with Crippen LogP contribution in [0.2, 0.25) is 0 Å². The normalized spacial score (nSPS) is 10.4. The van der Waals surface area contributed by atoms with E-state index < -0.39 is 0 Å². The second-order valence-electron chi connectivity index (χ2n) is 4.15. The fourth-order valence-electron chi connectivity index (χ4n) is 1.72. The molecule has 0 aliphatic heterocycles. The van der Waals surface area contributed by atoms with Crippen LogP contribution in [0.15, 0.2) is 24.3 Å². The molecule has 2 rings (SSSR count). The molecule has 0 spiro atoms. The number of amides is 1. The van der Waals surface area contributed by atoms with Gasteiger partial charge in [-0.25, -0.2) is 4.98 Å². The summed E-state index contributed by atoms with van der Waals surface area (Å²) >= 11 is 0. The topological polar surface area (TPSA) is 92.9 Å². The average molecular weight is 259 g/mol. The molecule has 0 unspecified atom stereocenters. The number of carbonyl (C=O) groups is 1. The Morgan fingerprint density at radius 3 is 2.89 bits per heavy atom. The van der Waals surface area contributed by atoms with Gasteiger partial charge in [0.2, 0.25) is 11.9 Å². The molecule has 1 aromatic carbocycles. The van der Waals surface area contributed by atoms with Gasteiger partial charge in [-0.05, 0) is 18.6 Å². The van der Waals surface area contributed by atoms with Crippen molar-refractivity contribution in [3.8, 4) is 0 Å². The fourth-order valence-corrected chi connectivity index (χ4v) is 1.72. The van der Waals surface area contributed by atoms with E-state index in [4.69, 9.17) is 5.73 Å². The van der Waals surface area contributed by atoms with Crippen LogP contribution in [0.1, 0.15) is 13.3 Å². The van der Waals surface area contributed by atoms with Crippen molar-refractivity contribution < 1.29 is 4.79 Å². The Kier molecular flexibility index (Phi) is 4.12. The minimum atomic E-state index is -0.0666. The first-order chi connectivity index (χ1) is 9.20. The molecular weight excluding hydrogens is 242 g/mol. The molecule has 6 nitrogen and oxygen atoms in total. The highest BCUT2D eigenvalue weighted by Gasteiger charge is 2.07. The Bertz CT molecular complexity index is 584. The van der Waals surface area contributed by atoms with E-state index in [1.807, 2.05) is 31.2 Å². The number of rotatable bonds is 5. The van der Waals surface area contributed by atoms with Crippen molar-refractivity contribution >= 4 is 28.6 Å². The Balaban J connectivity index is 2.14. The van der Waals surface area contributed by atoms with Gasteiger partial charge in [0.25, 0.3) is 0 Å². The molecule has 0 saturated carbocycles. The van der Waals surface area contributed by atoms with Crippen molar-refractivity contribution in [1.29, 1.82) is 0 Å². The zero-order chi connectivity index (χ0) is 13.7. The van der Waals surface area contributed by atoms with E-state index in [1.54, 1.807) is 0 Å². The summed E-state index contributed by atoms with van der Waals surface area (Å²) in [7, 11) is 0. The molecule has 19 heavy (non-hydrogen) atoms. The summed E-state index contributed by atoms with van der Waals surface area (Å²) in [5.41, 5.74) is 6.40. The number of nitrogens with two attached hydrogens (primary N) is 1. The van der Waals surface area contributed by atoms with Crippen LogP contribution in [0.3, 0.4) is 0 Å². The Morgan fingerprint density at radius 2 is 2.11 bits per heavy atom. The number of para-hydroxylation sites is 1. The van der Waals surface area contributed by atoms with Gasteiger partial charge >= 0.3 is 0 Å². The maximum Gasteiger partial charge on any atom is 0.239 e. The lowest BCUT2D eigenvalue weighted by atomic mass is 10.2. The number of nitrogen functional groups attached to an aromatic ring is 1. The van der Waals surface area contributed by atoms with Gasteiger partial charge in [-0.2, -0.15) is 4.98 Å². The van der Waals surface area contributed by atoms with Gasteiger partial charge < -0.3 is 16.4 Å². The molecule has 0 saturated heterocycles. The summed E-state index contributed by atoms with van der Waals surface area (Å²) in [6, 6.07) is 7.52. The van der Waals surface area contributed by atoms with Crippen molar-refractivity contribution in [3.63, 3.8) is 0 Å². The van der Waals surface area contributed by atoms with Crippen molar-refractivity contribution in [3.05, 3.63) is 24.3 Å². The van der Waals surface area contributed by atoms with Gasteiger partial charge in [-0.1, -0.05) is 19.1 Å². The number of hydrogen-bond donors (Lipinski definition) is 3. The first-order valence-electron chi connectivity index (χ1n) is 6.23. The van der Waals surface area contributed by atoms with E-state index in [9.17, 15) is 4.79 Å². The van der Waals surface area contributed by atoms with Crippen LogP contribution in [0.25, 0.3) is 10.9 Å². The molecule has 1 amide bonds. The van der Waals surface area contributed by atoms with Crippen LogP contribution >= 0.6 is 0 Å². The maximum atomic E-state index is 11.5. The van der Waals surface area contributed by atoms with E-state index in [2.05, 4.69) is 20.6 Å². The van der Waals surface area contributed by atoms with Crippen LogP contribution in [0.4, 0.5) is 11.8 Å². The Morgan fingerprint density at radius 1 is 1.32 bits per heavy atom. The monoisotopic (exact) mass is 259 g/mol. The first kappa shape index (κ1) is 13.1. The summed E-state index contributed by atoms with van der Waals surface area (Å²) in [4.78, 5) is 19.8. The summed E-state index contributed by atoms with van der Waals surface area (Å²) < 4.78 is 0. The summed E-state index contributed by atoms with van der Waals surface area (Å²) in [6.45, 7) is 2.85. The van der Waals surface area contributed by atoms with Gasteiger partial charge in [-0.15, -0.1) is 0 Å². The first-order valence-corrected chi connectivity index (χ1v) is 6.23. The maximum absolute atomic E-state index is 11.5. The molecule has 0 fully saturated rings. The van der Waals surface area contributed by atoms with E-state index >= 15 is 0 Å². The molecule has 0 atom stereocenters. The van der Waals surface area contributed by atoms with Gasteiger partial charge in [0.05, 0.1) is 12.1 Å². The van der Waals surface area contributed by atoms with Gasteiger partial charge in [0.1, 0.15) is 5.82 Å². The number of nitrogens with one attached hydrogen (secondary N) is 2. The number of hydrogen-bond acceptors (Lipinski definition) is 5. The lowest BCUT2D eigenvalue weighted by Gasteiger charge is -2.09. The molecule has 100 valence electrons. The molecule has 0 aliphatic rings. The molecule has 4 N–H and O–H groups in total. The highest BCUT2D eigenvalue weighted by atomic mass is 16.1. The van der Waals surface area contributed by atoms with Crippen LogP contribution < -0.4 is 16.4 Å². The number of benzene rings is 1. The lowest BCUT2D eigenvalue weighted by Crippen LogP contribution is -2.30. The summed E-state index contributed by atoms with van der Waals surface area (Å²) in [5.74, 6) is 0.702. The van der Waals surface area contributed by atoms with Crippen molar-refractivity contribution in [2.45, 2.75) is 13.3 Å². The minimum Gasteiger partial charge on any atom is -0.368 e. The third kappa shape index (κ3) is 3.31. The zero-order valence-electron chi connectivity index (χ0n) is 10.8. The number of aromatic nitrogens is 2. The van der Waals surface area contributed by atoms with Crippen molar-refractivity contribution in [1.82, 2.24) is 15.3 Å². The van der Waals surface area contributed by atoms with E-state index in [-0.39, 0.29) is 18.4 Å². The molecule has 1 aromatic heterocycles. The third-order valence-corrected chi connectivity index (χ3v) is 2.61. The zero-order valence-corrected chi connectivity index (χ0v) is 10.8. The molecule has 0 radical (unpaired) electrons. The predicted molar refractivity (Wildman–Crippen MR) is 75.7 cm³/mol. The van der Waals surface area contributed by atoms with E-state index in [1.165, 1.54) is 0 Å². The third-order valence-electron chi connectivity index (χ3n) is 2.61. The van der Waals surface area contributed by atoms with Crippen LogP contribution in [-0.4, -0.2) is 29.0 Å². The van der Waals surface area contributed by atoms with Gasteiger partial charge in [0.15, 0.2) is 0 Å². The van der Waals surface area contributed by atoms with Crippen molar-refractivity contribution in [2.24, 2.45) is 0 Å². The number of carbonyl (C=O) groups excluding carboxylic acids is 1. The summed E-state index contributed by atoms with van der Waals surface area (Å²) in [6.07, 6.45) is 0.912. The van der Waals surface area contributed by atoms with Gasteiger partial charge in [-0.3, -0.25) is 4.79 Å². The molecule has 2 aromatic rings. The smallest absolute Gasteiger partial charge is 0.239 e. The minimum absolute atomic E-state index is 0.0666. The van der Waals surface area contributed by atoms with Crippen LogP contribution in [-0.2, 0) is 4.79 Å².